The molecular weight excluding hydrogens is 647 g/mol. The van der Waals surface area contributed by atoms with Crippen molar-refractivity contribution in [2.24, 2.45) is 0 Å². The molecule has 10 rings (SSSR count). The molecule has 2 aromatic heterocycles. The van der Waals surface area contributed by atoms with Crippen LogP contribution >= 0.6 is 0 Å². The zero-order valence-electron chi connectivity index (χ0n) is 44.3. The number of benzene rings is 8. The van der Waals surface area contributed by atoms with Gasteiger partial charge in [-0.15, -0.1) is 0 Å². The molecule has 53 heavy (non-hydrogen) atoms. The predicted molar refractivity (Wildman–Crippen MR) is 217 cm³/mol. The van der Waals surface area contributed by atoms with Crippen molar-refractivity contribution in [3.63, 3.8) is 0 Å². The van der Waals surface area contributed by atoms with E-state index in [0.29, 0.717) is 11.0 Å². The van der Waals surface area contributed by atoms with E-state index in [1.54, 1.807) is 12.1 Å². The van der Waals surface area contributed by atoms with E-state index in [2.05, 4.69) is 9.97 Å². The summed E-state index contributed by atoms with van der Waals surface area (Å²) >= 11 is 0. The first-order valence-electron chi connectivity index (χ1n) is 24.9. The zero-order chi connectivity index (χ0) is 49.9. The van der Waals surface area contributed by atoms with Crippen LogP contribution in [0.15, 0.2) is 192 Å². The minimum atomic E-state index is -0.806. The third-order valence-electron chi connectivity index (χ3n) is 8.73. The van der Waals surface area contributed by atoms with Crippen molar-refractivity contribution in [1.82, 2.24) is 15.0 Å². The number of hydrogen-bond donors (Lipinski definition) is 0. The topological polar surface area (TPSA) is 51.8 Å². The minimum absolute atomic E-state index is 0.210. The molecule has 0 saturated heterocycles. The van der Waals surface area contributed by atoms with Crippen LogP contribution in [0.4, 0.5) is 0 Å². The number of fused-ring (bicyclic) bond motifs is 5. The van der Waals surface area contributed by atoms with Gasteiger partial charge < -0.3 is 4.42 Å². The molecule has 4 heteroatoms. The maximum atomic E-state index is 9.26. The summed E-state index contributed by atoms with van der Waals surface area (Å²) in [6.45, 7) is 0. The summed E-state index contributed by atoms with van der Waals surface area (Å²) in [5, 5.41) is 3.03. The van der Waals surface area contributed by atoms with E-state index in [-0.39, 0.29) is 22.5 Å². The van der Waals surface area contributed by atoms with Gasteiger partial charge in [0.2, 0.25) is 0 Å². The fraction of sp³-hybridized carbons (Fsp3) is 0. The molecule has 0 fully saturated rings. The van der Waals surface area contributed by atoms with Crippen LogP contribution < -0.4 is 0 Å². The second-order valence-corrected chi connectivity index (χ2v) is 11.9. The van der Waals surface area contributed by atoms with E-state index in [9.17, 15) is 5.48 Å². The Morgan fingerprint density at radius 1 is 0.340 bits per heavy atom. The van der Waals surface area contributed by atoms with Crippen LogP contribution in [0.3, 0.4) is 0 Å². The first-order chi connectivity index (χ1) is 33.3. The van der Waals surface area contributed by atoms with Crippen LogP contribution in [0.1, 0.15) is 23.3 Å². The zero-order valence-corrected chi connectivity index (χ0v) is 27.3. The highest BCUT2D eigenvalue weighted by Crippen LogP contribution is 2.42. The highest BCUT2D eigenvalue weighted by molar-refractivity contribution is 6.20. The summed E-state index contributed by atoms with van der Waals surface area (Å²) in [6, 6.07) is 13.5. The Kier molecular flexibility index (Phi) is 4.33. The van der Waals surface area contributed by atoms with Gasteiger partial charge >= 0.3 is 0 Å². The van der Waals surface area contributed by atoms with Gasteiger partial charge in [0.1, 0.15) is 11.2 Å². The number of aromatic nitrogens is 3. The Morgan fingerprint density at radius 3 is 1.58 bits per heavy atom. The molecule has 0 atom stereocenters. The molecule has 0 aliphatic rings. The molecule has 0 amide bonds. The monoisotopic (exact) mass is 694 g/mol. The smallest absolute Gasteiger partial charge is 0.167 e. The number of nitrogens with zero attached hydrogens (tertiary/aromatic N) is 3. The molecule has 10 aromatic rings. The van der Waals surface area contributed by atoms with Gasteiger partial charge in [0, 0.05) is 27.3 Å². The second kappa shape index (κ2) is 12.9. The summed E-state index contributed by atoms with van der Waals surface area (Å²) in [6.07, 6.45) is 0. The summed E-state index contributed by atoms with van der Waals surface area (Å²) in [4.78, 5) is 13.9. The fourth-order valence-corrected chi connectivity index (χ4v) is 6.27. The molecule has 8 aromatic carbocycles. The fourth-order valence-electron chi connectivity index (χ4n) is 6.27. The maximum Gasteiger partial charge on any atom is 0.167 e. The molecule has 0 aliphatic carbocycles. The van der Waals surface area contributed by atoms with Crippen LogP contribution in [0.5, 0.6) is 0 Å². The average Bonchev–Trinajstić information content (AvgIpc) is 3.75. The van der Waals surface area contributed by atoms with E-state index in [0.717, 1.165) is 33.4 Å². The molecule has 0 spiro atoms. The van der Waals surface area contributed by atoms with Gasteiger partial charge in [-0.1, -0.05) is 176 Å². The highest BCUT2D eigenvalue weighted by Gasteiger charge is 2.20. The van der Waals surface area contributed by atoms with Crippen LogP contribution in [0.25, 0.3) is 100 Å². The van der Waals surface area contributed by atoms with Crippen LogP contribution in [0, 0.1) is 0 Å². The van der Waals surface area contributed by atoms with Gasteiger partial charge in [0.05, 0.1) is 28.9 Å². The Labute approximate surface area is 330 Å². The molecule has 2 heterocycles. The highest BCUT2D eigenvalue weighted by atomic mass is 16.3. The van der Waals surface area contributed by atoms with Crippen LogP contribution in [-0.2, 0) is 0 Å². The quantitative estimate of drug-likeness (QED) is 0.174. The summed E-state index contributed by atoms with van der Waals surface area (Å²) in [7, 11) is 0. The molecule has 248 valence electrons. The summed E-state index contributed by atoms with van der Waals surface area (Å²) in [5.74, 6) is -1.27. The lowest BCUT2D eigenvalue weighted by atomic mass is 9.95. The third kappa shape index (κ3) is 5.54. The van der Waals surface area contributed by atoms with Crippen molar-refractivity contribution in [1.29, 1.82) is 0 Å². The molecule has 0 radical (unpaired) electrons. The number of rotatable bonds is 6. The van der Waals surface area contributed by atoms with Gasteiger partial charge in [0.15, 0.2) is 17.5 Å². The summed E-state index contributed by atoms with van der Waals surface area (Å²) in [5.41, 5.74) is -0.0722. The number of para-hydroxylation sites is 1. The van der Waals surface area contributed by atoms with Gasteiger partial charge in [-0.2, -0.15) is 0 Å². The van der Waals surface area contributed by atoms with Gasteiger partial charge in [0.25, 0.3) is 0 Å². The van der Waals surface area contributed by atoms with Crippen molar-refractivity contribution in [2.75, 3.05) is 0 Å². The van der Waals surface area contributed by atoms with Gasteiger partial charge in [-0.25, -0.2) is 15.0 Å². The van der Waals surface area contributed by atoms with Crippen molar-refractivity contribution in [3.05, 3.63) is 188 Å². The van der Waals surface area contributed by atoms with Crippen molar-refractivity contribution < 1.29 is 27.7 Å². The van der Waals surface area contributed by atoms with Crippen molar-refractivity contribution in [3.8, 4) is 67.5 Å². The first-order valence-corrected chi connectivity index (χ1v) is 16.4. The van der Waals surface area contributed by atoms with Crippen molar-refractivity contribution in [2.45, 2.75) is 0 Å². The van der Waals surface area contributed by atoms with E-state index in [1.165, 1.54) is 0 Å². The van der Waals surface area contributed by atoms with Crippen LogP contribution in [-0.4, -0.2) is 15.0 Å². The Morgan fingerprint density at radius 2 is 0.868 bits per heavy atom. The third-order valence-corrected chi connectivity index (χ3v) is 8.73. The van der Waals surface area contributed by atoms with Crippen LogP contribution in [0.2, 0.25) is 0 Å². The standard InChI is InChI=1S/C49H31N3O/c1-4-13-32(14-5-1)34-23-27-37(28-24-34)47-50-48(38-29-25-35(26-30-38)33-15-6-2-7-16-33)52-49(51-47)42-22-12-21-41-44-31-43(36-17-8-3-9-18-36)39-19-10-11-20-40(39)46(44)53-45(41)42/h1-31H/i1D,2D,4D,5D,6D,7D,13D,14D,15D,23D,24D,25D,26D,27D,28D,29D,30D. The largest absolute Gasteiger partial charge is 0.455 e. The molecular formula is C49H31N3O. The molecule has 0 bridgehead atoms. The molecule has 0 aliphatic heterocycles. The maximum absolute atomic E-state index is 9.26. The lowest BCUT2D eigenvalue weighted by molar-refractivity contribution is 0.673. The van der Waals surface area contributed by atoms with Gasteiger partial charge in [-0.05, 0) is 50.9 Å². The normalized spacial score (nSPS) is 15.9. The Hall–Kier alpha value is -7.17. The number of hydrogen-bond acceptors (Lipinski definition) is 4. The average molecular weight is 695 g/mol. The lowest BCUT2D eigenvalue weighted by Gasteiger charge is -2.10. The Bertz CT molecular complexity index is 3850. The molecule has 4 nitrogen and oxygen atoms in total. The van der Waals surface area contributed by atoms with E-state index in [1.807, 2.05) is 66.7 Å². The molecule has 0 unspecified atom stereocenters. The Balaban J connectivity index is 1.28. The SMILES string of the molecule is [2H]c1cc(-c2c([2H])c([2H])c(-c3nc(-c4c([2H])c([2H])c(-c5c([2H])c([2H])c([2H])c([2H])c5[2H])c([2H])c4[2H])nc(-c4cccc5c4oc4c6ccccc6c(-c6ccccc6)cc54)n3)c([2H])c2[2H])c([2H])c([2H])c1[2H]. The van der Waals surface area contributed by atoms with Crippen molar-refractivity contribution >= 4 is 32.7 Å². The lowest BCUT2D eigenvalue weighted by Crippen LogP contribution is -2.00. The van der Waals surface area contributed by atoms with Gasteiger partial charge in [-0.3, -0.25) is 0 Å². The molecule has 0 N–H and O–H groups in total. The van der Waals surface area contributed by atoms with E-state index >= 15 is 0 Å². The minimum Gasteiger partial charge on any atom is -0.455 e. The second-order valence-electron chi connectivity index (χ2n) is 11.9. The molecule has 0 saturated carbocycles. The van der Waals surface area contributed by atoms with E-state index < -0.39 is 142 Å². The summed E-state index contributed by atoms with van der Waals surface area (Å²) < 4.78 is 155. The number of furan rings is 1. The predicted octanol–water partition coefficient (Wildman–Crippen LogP) is 12.9. The van der Waals surface area contributed by atoms with E-state index in [4.69, 9.17) is 27.2 Å². The first kappa shape index (κ1) is 17.9.